The molecule has 0 amide bonds. The molecule has 0 atom stereocenters. The molecule has 0 aliphatic carbocycles. The molecule has 8 heteroatoms. The van der Waals surface area contributed by atoms with E-state index in [1.807, 2.05) is 19.9 Å². The van der Waals surface area contributed by atoms with Gasteiger partial charge in [-0.25, -0.2) is 13.2 Å². The number of para-hydroxylation sites is 1. The minimum absolute atomic E-state index is 0.0853. The smallest absolute Gasteiger partial charge is 0.407 e. The van der Waals surface area contributed by atoms with Crippen LogP contribution in [0.5, 0.6) is 0 Å². The Morgan fingerprint density at radius 2 is 1.75 bits per heavy atom. The number of carbonyl (C=O) groups is 1. The summed E-state index contributed by atoms with van der Waals surface area (Å²) in [5, 5.41) is 0.560. The molecule has 1 aliphatic rings. The zero-order valence-electron chi connectivity index (χ0n) is 15.3. The zero-order chi connectivity index (χ0) is 20.1. The molecule has 0 bridgehead atoms. The van der Waals surface area contributed by atoms with Gasteiger partial charge < -0.3 is 14.3 Å². The first kappa shape index (κ1) is 18.8. The second-order valence-electron chi connectivity index (χ2n) is 7.67. The van der Waals surface area contributed by atoms with Crippen LogP contribution < -0.4 is 5.46 Å². The van der Waals surface area contributed by atoms with Crippen LogP contribution in [0.4, 0.5) is 13.2 Å². The summed E-state index contributed by atoms with van der Waals surface area (Å²) >= 11 is 0. The molecule has 1 aliphatic heterocycles. The average molecular weight is 387 g/mol. The number of hydrogen-bond acceptors (Lipinski definition) is 3. The highest BCUT2D eigenvalue weighted by Crippen LogP contribution is 2.25. The largest absolute Gasteiger partial charge is 0.496 e. The number of hydrogen-bond donors (Lipinski definition) is 1. The summed E-state index contributed by atoms with van der Waals surface area (Å²) in [5.41, 5.74) is 1.23. The predicted molar refractivity (Wildman–Crippen MR) is 99.1 cm³/mol. The molecule has 144 valence electrons. The van der Waals surface area contributed by atoms with Gasteiger partial charge in [0.25, 0.3) is 0 Å². The van der Waals surface area contributed by atoms with Crippen molar-refractivity contribution in [3.63, 3.8) is 0 Å². The summed E-state index contributed by atoms with van der Waals surface area (Å²) in [7, 11) is -0.584. The maximum atomic E-state index is 13.5. The Bertz CT molecular complexity index is 1050. The van der Waals surface area contributed by atoms with Gasteiger partial charge in [0.15, 0.2) is 23.2 Å². The lowest BCUT2D eigenvalue weighted by atomic mass is 9.75. The Labute approximate surface area is 159 Å². The summed E-state index contributed by atoms with van der Waals surface area (Å²) in [5.74, 6) is -5.04. The number of benzene rings is 2. The van der Waals surface area contributed by atoms with E-state index in [1.54, 1.807) is 12.1 Å². The number of rotatable bonds is 3. The maximum absolute atomic E-state index is 13.5. The van der Waals surface area contributed by atoms with Crippen LogP contribution in [0.2, 0.25) is 0 Å². The van der Waals surface area contributed by atoms with E-state index in [2.05, 4.69) is 4.98 Å². The third-order valence-corrected chi connectivity index (χ3v) is 4.74. The van der Waals surface area contributed by atoms with Gasteiger partial charge in [0.2, 0.25) is 0 Å². The molecule has 1 aromatic heterocycles. The summed E-state index contributed by atoms with van der Waals surface area (Å²) in [4.78, 5) is 15.8. The van der Waals surface area contributed by atoms with Crippen molar-refractivity contribution in [1.82, 2.24) is 4.98 Å². The van der Waals surface area contributed by atoms with Gasteiger partial charge in [-0.3, -0.25) is 4.79 Å². The summed E-state index contributed by atoms with van der Waals surface area (Å²) < 4.78 is 51.9. The quantitative estimate of drug-likeness (QED) is 0.425. The molecule has 4 rings (SSSR count). The first-order valence-electron chi connectivity index (χ1n) is 8.79. The summed E-state index contributed by atoms with van der Waals surface area (Å²) in [6, 6.07) is 6.68. The number of fused-ring (bicyclic) bond motifs is 1. The molecule has 0 spiro atoms. The molecule has 0 saturated carbocycles. The normalized spacial score (nSPS) is 16.5. The van der Waals surface area contributed by atoms with Crippen LogP contribution in [0.25, 0.3) is 10.9 Å². The van der Waals surface area contributed by atoms with Gasteiger partial charge in [0, 0.05) is 52.3 Å². The molecular weight excluding hydrogens is 370 g/mol. The van der Waals surface area contributed by atoms with Gasteiger partial charge in [0.05, 0.1) is 0 Å². The van der Waals surface area contributed by atoms with Crippen molar-refractivity contribution >= 4 is 29.3 Å². The van der Waals surface area contributed by atoms with Gasteiger partial charge in [-0.05, 0) is 12.1 Å². The van der Waals surface area contributed by atoms with Gasteiger partial charge in [-0.2, -0.15) is 0 Å². The van der Waals surface area contributed by atoms with E-state index in [1.165, 1.54) is 6.20 Å². The second-order valence-corrected chi connectivity index (χ2v) is 7.67. The van der Waals surface area contributed by atoms with Crippen LogP contribution in [-0.4, -0.2) is 31.1 Å². The minimum atomic E-state index is -1.60. The highest BCUT2D eigenvalue weighted by atomic mass is 19.2. The van der Waals surface area contributed by atoms with Crippen LogP contribution in [0.15, 0.2) is 36.5 Å². The Kier molecular flexibility index (Phi) is 4.55. The number of ketones is 1. The van der Waals surface area contributed by atoms with Crippen LogP contribution in [0, 0.1) is 22.9 Å². The van der Waals surface area contributed by atoms with Crippen molar-refractivity contribution in [2.24, 2.45) is 5.41 Å². The van der Waals surface area contributed by atoms with E-state index < -0.39 is 30.4 Å². The van der Waals surface area contributed by atoms with Crippen LogP contribution >= 0.6 is 0 Å². The Hall–Kier alpha value is -2.58. The van der Waals surface area contributed by atoms with Crippen molar-refractivity contribution in [1.29, 1.82) is 0 Å². The standard InChI is InChI=1S/C20H17BF3NO3/c1-20(2)9-27-21(28-10-20)14-5-3-4-12-13(8-25-18(12)14)19(26)11-6-15(22)17(24)16(23)7-11/h3-8,25H,9-10H2,1-2H3. The first-order valence-corrected chi connectivity index (χ1v) is 8.79. The Morgan fingerprint density at radius 1 is 1.11 bits per heavy atom. The molecule has 1 N–H and O–H groups in total. The molecule has 3 aromatic rings. The van der Waals surface area contributed by atoms with E-state index >= 15 is 0 Å². The van der Waals surface area contributed by atoms with Crippen molar-refractivity contribution in [3.05, 3.63) is 65.1 Å². The monoisotopic (exact) mass is 387 g/mol. The van der Waals surface area contributed by atoms with Crippen LogP contribution in [0.1, 0.15) is 29.8 Å². The van der Waals surface area contributed by atoms with Gasteiger partial charge >= 0.3 is 7.12 Å². The number of H-pyrrole nitrogens is 1. The van der Waals surface area contributed by atoms with E-state index in [0.29, 0.717) is 36.2 Å². The molecule has 2 aromatic carbocycles. The first-order chi connectivity index (χ1) is 13.3. The van der Waals surface area contributed by atoms with Gasteiger partial charge in [0.1, 0.15) is 0 Å². The van der Waals surface area contributed by atoms with E-state index in [9.17, 15) is 18.0 Å². The van der Waals surface area contributed by atoms with Crippen molar-refractivity contribution in [2.45, 2.75) is 13.8 Å². The lowest BCUT2D eigenvalue weighted by Gasteiger charge is -2.33. The third kappa shape index (κ3) is 3.23. The highest BCUT2D eigenvalue weighted by Gasteiger charge is 2.35. The fraction of sp³-hybridized carbons (Fsp3) is 0.250. The van der Waals surface area contributed by atoms with E-state index in [0.717, 1.165) is 5.46 Å². The molecule has 28 heavy (non-hydrogen) atoms. The molecule has 1 saturated heterocycles. The topological polar surface area (TPSA) is 51.3 Å². The average Bonchev–Trinajstić information content (AvgIpc) is 3.09. The highest BCUT2D eigenvalue weighted by molar-refractivity contribution is 6.64. The lowest BCUT2D eigenvalue weighted by Crippen LogP contribution is -2.47. The van der Waals surface area contributed by atoms with Gasteiger partial charge in [-0.1, -0.05) is 32.0 Å². The lowest BCUT2D eigenvalue weighted by molar-refractivity contribution is 0.0344. The Balaban J connectivity index is 1.72. The number of aromatic nitrogens is 1. The van der Waals surface area contributed by atoms with Crippen LogP contribution in [0.3, 0.4) is 0 Å². The van der Waals surface area contributed by atoms with E-state index in [4.69, 9.17) is 9.31 Å². The molecular formula is C20H17BF3NO3. The SMILES string of the molecule is CC1(C)COB(c2cccc3c(C(=O)c4cc(F)c(F)c(F)c4)c[nH]c23)OC1. The van der Waals surface area contributed by atoms with Gasteiger partial charge in [-0.15, -0.1) is 0 Å². The fourth-order valence-corrected chi connectivity index (χ4v) is 3.28. The number of nitrogens with one attached hydrogen (secondary N) is 1. The maximum Gasteiger partial charge on any atom is 0.496 e. The zero-order valence-corrected chi connectivity index (χ0v) is 15.3. The van der Waals surface area contributed by atoms with Crippen molar-refractivity contribution in [3.8, 4) is 0 Å². The Morgan fingerprint density at radius 3 is 2.39 bits per heavy atom. The predicted octanol–water partition coefficient (Wildman–Crippen LogP) is 3.58. The number of carbonyl (C=O) groups excluding carboxylic acids is 1. The molecule has 4 nitrogen and oxygen atoms in total. The van der Waals surface area contributed by atoms with Crippen LogP contribution in [-0.2, 0) is 9.31 Å². The molecule has 0 unspecified atom stereocenters. The molecule has 1 fully saturated rings. The minimum Gasteiger partial charge on any atom is -0.407 e. The second kappa shape index (κ2) is 6.79. The summed E-state index contributed by atoms with van der Waals surface area (Å²) in [6.45, 7) is 5.12. The fourth-order valence-electron chi connectivity index (χ4n) is 3.28. The van der Waals surface area contributed by atoms with Crippen molar-refractivity contribution < 1.29 is 27.3 Å². The van der Waals surface area contributed by atoms with Crippen molar-refractivity contribution in [2.75, 3.05) is 13.2 Å². The number of aromatic amines is 1. The summed E-state index contributed by atoms with van der Waals surface area (Å²) in [6.07, 6.45) is 1.46. The molecule has 2 heterocycles. The molecule has 0 radical (unpaired) electrons. The number of halogens is 3. The van der Waals surface area contributed by atoms with E-state index in [-0.39, 0.29) is 16.5 Å². The third-order valence-electron chi connectivity index (χ3n) is 4.74.